The van der Waals surface area contributed by atoms with Crippen molar-refractivity contribution in [1.29, 1.82) is 0 Å². The number of nitrogen functional groups attached to an aromatic ring is 1. The Kier molecular flexibility index (Phi) is 4.41. The molecule has 10 heteroatoms. The average molecular weight is 376 g/mol. The molecule has 0 amide bonds. The highest BCUT2D eigenvalue weighted by molar-refractivity contribution is 6.33. The summed E-state index contributed by atoms with van der Waals surface area (Å²) in [6.45, 7) is 0.204. The molecular formula is C16H14ClN5O4. The third-order valence-electron chi connectivity index (χ3n) is 3.80. The number of carbonyl (C=O) groups is 1. The van der Waals surface area contributed by atoms with E-state index < -0.39 is 18.5 Å². The van der Waals surface area contributed by atoms with Crippen molar-refractivity contribution in [3.8, 4) is 0 Å². The van der Waals surface area contributed by atoms with Crippen molar-refractivity contribution < 1.29 is 19.0 Å². The Balaban J connectivity index is 1.42. The second-order valence-corrected chi connectivity index (χ2v) is 5.87. The van der Waals surface area contributed by atoms with Crippen LogP contribution in [0.4, 0.5) is 5.95 Å². The summed E-state index contributed by atoms with van der Waals surface area (Å²) in [5.41, 5.74) is 6.96. The first-order valence-electron chi connectivity index (χ1n) is 7.76. The summed E-state index contributed by atoms with van der Waals surface area (Å²) in [4.78, 5) is 24.1. The number of hydrogen-bond donors (Lipinski definition) is 1. The van der Waals surface area contributed by atoms with Crippen LogP contribution in [0.3, 0.4) is 0 Å². The molecule has 2 atom stereocenters. The van der Waals surface area contributed by atoms with Crippen molar-refractivity contribution in [2.45, 2.75) is 12.5 Å². The van der Waals surface area contributed by atoms with Crippen molar-refractivity contribution in [1.82, 2.24) is 19.5 Å². The zero-order chi connectivity index (χ0) is 18.1. The van der Waals surface area contributed by atoms with Gasteiger partial charge >= 0.3 is 5.97 Å². The van der Waals surface area contributed by atoms with E-state index in [1.807, 2.05) is 6.07 Å². The maximum Gasteiger partial charge on any atom is 0.338 e. The minimum absolute atomic E-state index is 0.0330. The van der Waals surface area contributed by atoms with Crippen LogP contribution in [0.1, 0.15) is 16.6 Å². The minimum atomic E-state index is -0.695. The summed E-state index contributed by atoms with van der Waals surface area (Å²) in [6, 6.07) is 8.69. The maximum atomic E-state index is 12.0. The normalized spacial score (nSPS) is 19.7. The topological polar surface area (TPSA) is 114 Å². The van der Waals surface area contributed by atoms with Gasteiger partial charge in [0.15, 0.2) is 23.3 Å². The smallest absolute Gasteiger partial charge is 0.338 e. The standard InChI is InChI=1S/C16H14ClN5O4/c17-13-12-14(21-16(18)20-13)22(8-19-12)10-6-24-11(26-10)7-25-15(23)9-4-2-1-3-5-9/h1-5,8,10-11H,6-7H2,(H2,18,20,21)/t10-,11+/m1/s1. The number of ether oxygens (including phenoxy) is 3. The first-order chi connectivity index (χ1) is 12.6. The van der Waals surface area contributed by atoms with Crippen LogP contribution in [0, 0.1) is 0 Å². The lowest BCUT2D eigenvalue weighted by Gasteiger charge is -2.13. The van der Waals surface area contributed by atoms with Crippen LogP contribution < -0.4 is 5.73 Å². The molecule has 1 aliphatic rings. The minimum Gasteiger partial charge on any atom is -0.457 e. The Labute approximate surface area is 152 Å². The molecule has 2 N–H and O–H groups in total. The molecule has 4 rings (SSSR count). The molecular weight excluding hydrogens is 362 g/mol. The Morgan fingerprint density at radius 3 is 2.96 bits per heavy atom. The highest BCUT2D eigenvalue weighted by Gasteiger charge is 2.30. The fourth-order valence-corrected chi connectivity index (χ4v) is 2.81. The Bertz CT molecular complexity index is 948. The summed E-state index contributed by atoms with van der Waals surface area (Å²) < 4.78 is 18.2. The summed E-state index contributed by atoms with van der Waals surface area (Å²) >= 11 is 6.02. The largest absolute Gasteiger partial charge is 0.457 e. The first-order valence-corrected chi connectivity index (χ1v) is 8.14. The van der Waals surface area contributed by atoms with Gasteiger partial charge in [0, 0.05) is 0 Å². The average Bonchev–Trinajstić information content (AvgIpc) is 3.27. The Morgan fingerprint density at radius 2 is 2.15 bits per heavy atom. The molecule has 0 spiro atoms. The van der Waals surface area contributed by atoms with Crippen LogP contribution in [-0.2, 0) is 14.2 Å². The summed E-state index contributed by atoms with van der Waals surface area (Å²) in [6.07, 6.45) is 0.336. The number of nitrogens with zero attached hydrogens (tertiary/aromatic N) is 4. The molecule has 0 radical (unpaired) electrons. The second-order valence-electron chi connectivity index (χ2n) is 5.51. The molecule has 26 heavy (non-hydrogen) atoms. The number of hydrogen-bond acceptors (Lipinski definition) is 8. The maximum absolute atomic E-state index is 12.0. The highest BCUT2D eigenvalue weighted by atomic mass is 35.5. The monoisotopic (exact) mass is 375 g/mol. The third-order valence-corrected chi connectivity index (χ3v) is 4.06. The molecule has 0 unspecified atom stereocenters. The van der Waals surface area contributed by atoms with Crippen molar-refractivity contribution in [2.75, 3.05) is 18.9 Å². The van der Waals surface area contributed by atoms with Crippen LogP contribution in [0.25, 0.3) is 11.2 Å². The van der Waals surface area contributed by atoms with Crippen LogP contribution in [0.2, 0.25) is 5.15 Å². The van der Waals surface area contributed by atoms with Gasteiger partial charge in [0.25, 0.3) is 0 Å². The summed E-state index contributed by atoms with van der Waals surface area (Å²) in [7, 11) is 0. The molecule has 1 aromatic carbocycles. The molecule has 3 aromatic rings. The quantitative estimate of drug-likeness (QED) is 0.542. The number of benzene rings is 1. The zero-order valence-corrected chi connectivity index (χ0v) is 14.2. The fraction of sp³-hybridized carbons (Fsp3) is 0.250. The van der Waals surface area contributed by atoms with Gasteiger partial charge in [-0.3, -0.25) is 4.57 Å². The lowest BCUT2D eigenvalue weighted by molar-refractivity contribution is -0.102. The van der Waals surface area contributed by atoms with Crippen molar-refractivity contribution in [2.24, 2.45) is 0 Å². The van der Waals surface area contributed by atoms with E-state index in [4.69, 9.17) is 31.5 Å². The molecule has 0 aliphatic carbocycles. The van der Waals surface area contributed by atoms with Gasteiger partial charge in [0.05, 0.1) is 18.5 Å². The van der Waals surface area contributed by atoms with Crippen molar-refractivity contribution in [3.05, 3.63) is 47.4 Å². The lowest BCUT2D eigenvalue weighted by Crippen LogP contribution is -2.20. The first kappa shape index (κ1) is 16.7. The van der Waals surface area contributed by atoms with Crippen molar-refractivity contribution >= 4 is 34.7 Å². The Hall–Kier alpha value is -2.75. The van der Waals surface area contributed by atoms with Gasteiger partial charge in [-0.15, -0.1) is 0 Å². The molecule has 2 aromatic heterocycles. The lowest BCUT2D eigenvalue weighted by atomic mass is 10.2. The summed E-state index contributed by atoms with van der Waals surface area (Å²) in [5, 5.41) is 0.165. The molecule has 1 aliphatic heterocycles. The third kappa shape index (κ3) is 3.19. The second kappa shape index (κ2) is 6.87. The van der Waals surface area contributed by atoms with E-state index in [0.717, 1.165) is 0 Å². The number of carbonyl (C=O) groups excluding carboxylic acids is 1. The van der Waals surface area contributed by atoms with E-state index in [1.165, 1.54) is 6.33 Å². The number of aromatic nitrogens is 4. The molecule has 1 saturated heterocycles. The molecule has 0 bridgehead atoms. The molecule has 9 nitrogen and oxygen atoms in total. The number of rotatable bonds is 4. The van der Waals surface area contributed by atoms with Crippen LogP contribution in [0.5, 0.6) is 0 Å². The van der Waals surface area contributed by atoms with E-state index in [-0.39, 0.29) is 24.3 Å². The number of imidazole rings is 1. The van der Waals surface area contributed by atoms with Crippen LogP contribution >= 0.6 is 11.6 Å². The van der Waals surface area contributed by atoms with E-state index in [9.17, 15) is 4.79 Å². The van der Waals surface area contributed by atoms with Gasteiger partial charge in [0.1, 0.15) is 12.1 Å². The number of fused-ring (bicyclic) bond motifs is 1. The molecule has 1 fully saturated rings. The van der Waals surface area contributed by atoms with Gasteiger partial charge in [-0.2, -0.15) is 9.97 Å². The Morgan fingerprint density at radius 1 is 1.35 bits per heavy atom. The SMILES string of the molecule is Nc1nc(Cl)c2ncn([C@H]3CO[C@H](COC(=O)c4ccccc4)O3)c2n1. The van der Waals surface area contributed by atoms with Crippen molar-refractivity contribution in [3.63, 3.8) is 0 Å². The van der Waals surface area contributed by atoms with Crippen LogP contribution in [-0.4, -0.2) is 45.0 Å². The van der Waals surface area contributed by atoms with E-state index in [2.05, 4.69) is 15.0 Å². The number of anilines is 1. The van der Waals surface area contributed by atoms with E-state index >= 15 is 0 Å². The number of halogens is 1. The van der Waals surface area contributed by atoms with Crippen LogP contribution in [0.15, 0.2) is 36.7 Å². The summed E-state index contributed by atoms with van der Waals surface area (Å²) in [5.74, 6) is -0.405. The van der Waals surface area contributed by atoms with Gasteiger partial charge in [-0.05, 0) is 12.1 Å². The highest BCUT2D eigenvalue weighted by Crippen LogP contribution is 2.27. The molecule has 134 valence electrons. The predicted molar refractivity (Wildman–Crippen MR) is 91.3 cm³/mol. The molecule has 3 heterocycles. The number of esters is 1. The predicted octanol–water partition coefficient (Wildman–Crippen LogP) is 1.79. The van der Waals surface area contributed by atoms with E-state index in [0.29, 0.717) is 16.7 Å². The van der Waals surface area contributed by atoms with Gasteiger partial charge in [0.2, 0.25) is 5.95 Å². The van der Waals surface area contributed by atoms with E-state index in [1.54, 1.807) is 28.8 Å². The number of nitrogens with two attached hydrogens (primary N) is 1. The van der Waals surface area contributed by atoms with Gasteiger partial charge < -0.3 is 19.9 Å². The molecule has 0 saturated carbocycles. The van der Waals surface area contributed by atoms with Gasteiger partial charge in [-0.25, -0.2) is 9.78 Å². The fourth-order valence-electron chi connectivity index (χ4n) is 2.59. The van der Waals surface area contributed by atoms with Gasteiger partial charge in [-0.1, -0.05) is 29.8 Å². The zero-order valence-electron chi connectivity index (χ0n) is 13.4.